The van der Waals surface area contributed by atoms with Gasteiger partial charge in [-0.25, -0.2) is 0 Å². The molecule has 0 fully saturated rings. The lowest BCUT2D eigenvalue weighted by molar-refractivity contribution is -0.141. The van der Waals surface area contributed by atoms with Crippen molar-refractivity contribution >= 4 is 41.5 Å². The van der Waals surface area contributed by atoms with Crippen LogP contribution in [0.1, 0.15) is 48.5 Å². The Morgan fingerprint density at radius 2 is 1.75 bits per heavy atom. The maximum absolute atomic E-state index is 13.4. The molecule has 0 aromatic heterocycles. The number of guanidine groups is 1. The monoisotopic (exact) mass is 560 g/mol. The number of rotatable bonds is 7. The molecule has 5 amide bonds. The van der Waals surface area contributed by atoms with Gasteiger partial charge in [0.25, 0.3) is 5.91 Å². The van der Waals surface area contributed by atoms with Gasteiger partial charge in [0.2, 0.25) is 23.6 Å². The highest BCUT2D eigenvalue weighted by Crippen LogP contribution is 2.12. The molecule has 15 heteroatoms. The minimum atomic E-state index is -1.42. The Bertz CT molecular complexity index is 1150. The molecule has 0 saturated heterocycles. The first-order valence-electron chi connectivity index (χ1n) is 12.7. The maximum atomic E-state index is 13.4. The van der Waals surface area contributed by atoms with Crippen LogP contribution in [-0.4, -0.2) is 89.7 Å². The molecule has 3 atom stereocenters. The molecule has 2 bridgehead atoms. The molecule has 0 radical (unpaired) electrons. The number of aliphatic carboxylic acids is 1. The van der Waals surface area contributed by atoms with Crippen LogP contribution in [0, 0.1) is 0 Å². The van der Waals surface area contributed by atoms with Crippen LogP contribution in [0.15, 0.2) is 29.3 Å². The molecule has 1 aromatic carbocycles. The van der Waals surface area contributed by atoms with Gasteiger partial charge in [-0.2, -0.15) is 0 Å². The Morgan fingerprint density at radius 3 is 2.40 bits per heavy atom. The van der Waals surface area contributed by atoms with Gasteiger partial charge in [-0.15, -0.1) is 0 Å². The van der Waals surface area contributed by atoms with E-state index in [4.69, 9.17) is 11.5 Å². The van der Waals surface area contributed by atoms with Gasteiger partial charge < -0.3 is 42.7 Å². The fourth-order valence-corrected chi connectivity index (χ4v) is 4.02. The smallest absolute Gasteiger partial charge is 0.305 e. The Kier molecular flexibility index (Phi) is 11.9. The van der Waals surface area contributed by atoms with Crippen LogP contribution < -0.4 is 32.7 Å². The summed E-state index contributed by atoms with van der Waals surface area (Å²) in [4.78, 5) is 81.1. The van der Waals surface area contributed by atoms with Crippen LogP contribution in [0.25, 0.3) is 0 Å². The fourth-order valence-electron chi connectivity index (χ4n) is 4.02. The summed E-state index contributed by atoms with van der Waals surface area (Å²) in [5.74, 6) is -4.74. The second-order valence-electron chi connectivity index (χ2n) is 9.20. The maximum Gasteiger partial charge on any atom is 0.305 e. The van der Waals surface area contributed by atoms with E-state index >= 15 is 0 Å². The topological polar surface area (TPSA) is 238 Å². The molecule has 40 heavy (non-hydrogen) atoms. The number of hydrogen-bond donors (Lipinski definition) is 7. The van der Waals surface area contributed by atoms with Crippen LogP contribution in [0.2, 0.25) is 0 Å². The van der Waals surface area contributed by atoms with Gasteiger partial charge >= 0.3 is 5.97 Å². The highest BCUT2D eigenvalue weighted by Gasteiger charge is 2.32. The van der Waals surface area contributed by atoms with E-state index in [1.165, 1.54) is 24.1 Å². The van der Waals surface area contributed by atoms with Crippen molar-refractivity contribution in [3.05, 3.63) is 35.4 Å². The van der Waals surface area contributed by atoms with E-state index in [1.54, 1.807) is 19.1 Å². The lowest BCUT2D eigenvalue weighted by Gasteiger charge is -2.30. The summed E-state index contributed by atoms with van der Waals surface area (Å²) in [6, 6.07) is 2.87. The van der Waals surface area contributed by atoms with Crippen molar-refractivity contribution in [2.24, 2.45) is 16.5 Å². The van der Waals surface area contributed by atoms with E-state index < -0.39 is 66.6 Å². The number of amides is 5. The Hall–Kier alpha value is -4.69. The molecule has 2 rings (SSSR count). The number of hydrogen-bond acceptors (Lipinski definition) is 7. The van der Waals surface area contributed by atoms with E-state index in [1.807, 2.05) is 0 Å². The molecule has 1 heterocycles. The van der Waals surface area contributed by atoms with Gasteiger partial charge in [-0.05, 0) is 37.0 Å². The number of nitrogens with one attached hydrogen (secondary N) is 4. The lowest BCUT2D eigenvalue weighted by atomic mass is 10.1. The largest absolute Gasteiger partial charge is 0.481 e. The molecular formula is C25H36N8O7. The van der Waals surface area contributed by atoms with Crippen LogP contribution in [0.4, 0.5) is 0 Å². The Morgan fingerprint density at radius 1 is 1.05 bits per heavy atom. The summed E-state index contributed by atoms with van der Waals surface area (Å²) < 4.78 is 0. The molecule has 1 aliphatic rings. The zero-order valence-corrected chi connectivity index (χ0v) is 22.4. The summed E-state index contributed by atoms with van der Waals surface area (Å²) in [5, 5.41) is 19.2. The molecule has 218 valence electrons. The first-order chi connectivity index (χ1) is 18.9. The van der Waals surface area contributed by atoms with E-state index in [-0.39, 0.29) is 37.5 Å². The quantitative estimate of drug-likeness (QED) is 0.108. The van der Waals surface area contributed by atoms with E-state index in [0.717, 1.165) is 0 Å². The molecule has 1 aliphatic heterocycles. The number of nitrogens with two attached hydrogens (primary N) is 2. The minimum Gasteiger partial charge on any atom is -0.481 e. The first kappa shape index (κ1) is 31.5. The third-order valence-electron chi connectivity index (χ3n) is 6.17. The Balaban J connectivity index is 2.40. The highest BCUT2D eigenvalue weighted by molar-refractivity contribution is 5.99. The van der Waals surface area contributed by atoms with Crippen molar-refractivity contribution in [1.29, 1.82) is 0 Å². The summed E-state index contributed by atoms with van der Waals surface area (Å²) in [6.07, 6.45) is -0.0169. The number of likely N-dealkylation sites (N-methyl/N-ethyl adjacent to an activating group) is 1. The van der Waals surface area contributed by atoms with Gasteiger partial charge in [0.1, 0.15) is 18.1 Å². The number of carbonyl (C=O) groups is 6. The van der Waals surface area contributed by atoms with Crippen LogP contribution >= 0.6 is 0 Å². The van der Waals surface area contributed by atoms with Gasteiger partial charge in [0.05, 0.1) is 13.0 Å². The predicted molar refractivity (Wildman–Crippen MR) is 143 cm³/mol. The Labute approximate surface area is 231 Å². The summed E-state index contributed by atoms with van der Waals surface area (Å²) in [7, 11) is 1.41. The molecule has 9 N–H and O–H groups in total. The van der Waals surface area contributed by atoms with Gasteiger partial charge in [-0.3, -0.25) is 33.8 Å². The second kappa shape index (κ2) is 15.0. The third-order valence-corrected chi connectivity index (χ3v) is 6.17. The molecule has 3 unspecified atom stereocenters. The number of aliphatic imine (C=N–C) groups is 1. The zero-order valence-electron chi connectivity index (χ0n) is 22.4. The summed E-state index contributed by atoms with van der Waals surface area (Å²) in [6.45, 7) is 1.26. The summed E-state index contributed by atoms with van der Waals surface area (Å²) in [5.41, 5.74) is 11.5. The molecule has 0 aliphatic carbocycles. The number of nitrogens with zero attached hydrogens (tertiary/aromatic N) is 2. The van der Waals surface area contributed by atoms with Crippen molar-refractivity contribution in [1.82, 2.24) is 26.2 Å². The molecular weight excluding hydrogens is 524 g/mol. The third kappa shape index (κ3) is 9.56. The number of carboxylic acid groups (broad SMARTS) is 1. The average molecular weight is 561 g/mol. The SMILES string of the molecule is CCC1NC(=O)c2cccc(c2)CNC(=O)C(CC(=O)O)NC(=O)CNC(=O)C(CCCN=C(N)N)N(C)C1=O. The van der Waals surface area contributed by atoms with Crippen LogP contribution in [0.5, 0.6) is 0 Å². The average Bonchev–Trinajstić information content (AvgIpc) is 2.91. The van der Waals surface area contributed by atoms with Crippen molar-refractivity contribution in [3.8, 4) is 0 Å². The van der Waals surface area contributed by atoms with Gasteiger partial charge in [-0.1, -0.05) is 19.1 Å². The fraction of sp³-hybridized carbons (Fsp3) is 0.480. The number of carboxylic acids is 1. The molecule has 1 aromatic rings. The lowest BCUT2D eigenvalue weighted by Crippen LogP contribution is -2.55. The first-order valence-corrected chi connectivity index (χ1v) is 12.7. The number of fused-ring (bicyclic) bond motifs is 2. The van der Waals surface area contributed by atoms with E-state index in [0.29, 0.717) is 12.0 Å². The number of benzene rings is 1. The van der Waals surface area contributed by atoms with E-state index in [9.17, 15) is 33.9 Å². The van der Waals surface area contributed by atoms with Crippen molar-refractivity contribution in [3.63, 3.8) is 0 Å². The van der Waals surface area contributed by atoms with Gasteiger partial charge in [0.15, 0.2) is 5.96 Å². The molecule has 0 spiro atoms. The molecule has 15 nitrogen and oxygen atoms in total. The predicted octanol–water partition coefficient (Wildman–Crippen LogP) is -2.22. The minimum absolute atomic E-state index is 0.0525. The second-order valence-corrected chi connectivity index (χ2v) is 9.20. The van der Waals surface area contributed by atoms with Crippen molar-refractivity contribution in [2.75, 3.05) is 20.1 Å². The normalized spacial score (nSPS) is 21.2. The highest BCUT2D eigenvalue weighted by atomic mass is 16.4. The van der Waals surface area contributed by atoms with Crippen LogP contribution in [-0.2, 0) is 30.5 Å². The summed E-state index contributed by atoms with van der Waals surface area (Å²) >= 11 is 0. The van der Waals surface area contributed by atoms with Gasteiger partial charge in [0, 0.05) is 25.7 Å². The van der Waals surface area contributed by atoms with Crippen molar-refractivity contribution < 1.29 is 33.9 Å². The van der Waals surface area contributed by atoms with E-state index in [2.05, 4.69) is 26.3 Å². The standard InChI is InChI=1S/C25H36N8O7/c1-3-16-24(40)33(2)18(8-5-9-28-25(26)27)23(39)30-13-19(34)31-17(11-20(35)36)22(38)29-12-14-6-4-7-15(10-14)21(37)32-16/h4,6-7,10,16-18H,3,5,8-9,11-13H2,1-2H3,(H,29,38)(H,30,39)(H,31,34)(H,32,37)(H,35,36)(H4,26,27,28). The van der Waals surface area contributed by atoms with Crippen molar-refractivity contribution in [2.45, 2.75) is 57.3 Å². The molecule has 0 saturated carbocycles. The zero-order chi connectivity index (χ0) is 29.8. The van der Waals surface area contributed by atoms with Crippen LogP contribution in [0.3, 0.4) is 0 Å². The number of carbonyl (C=O) groups excluding carboxylic acids is 5.